The highest BCUT2D eigenvalue weighted by atomic mass is 35.5. The lowest BCUT2D eigenvalue weighted by Gasteiger charge is -2.12. The number of carbonyl (C=O) groups excluding carboxylic acids is 1. The van der Waals surface area contributed by atoms with E-state index in [2.05, 4.69) is 11.7 Å². The number of alkyl halides is 2. The first-order valence-corrected chi connectivity index (χ1v) is 7.32. The van der Waals surface area contributed by atoms with Crippen LogP contribution >= 0.6 is 23.2 Å². The Labute approximate surface area is 115 Å². The smallest absolute Gasteiger partial charge is 0.305 e. The number of esters is 1. The molecule has 0 aromatic heterocycles. The van der Waals surface area contributed by atoms with Crippen LogP contribution in [0.15, 0.2) is 0 Å². The van der Waals surface area contributed by atoms with Crippen LogP contribution in [0.5, 0.6) is 0 Å². The van der Waals surface area contributed by atoms with Gasteiger partial charge in [0.05, 0.1) is 7.11 Å². The van der Waals surface area contributed by atoms with Crippen LogP contribution in [0.1, 0.15) is 58.3 Å². The molecule has 0 aliphatic rings. The molecule has 0 N–H and O–H groups in total. The van der Waals surface area contributed by atoms with Gasteiger partial charge in [-0.25, -0.2) is 0 Å². The van der Waals surface area contributed by atoms with Crippen LogP contribution < -0.4 is 0 Å². The van der Waals surface area contributed by atoms with E-state index in [0.717, 1.165) is 44.9 Å². The Morgan fingerprint density at radius 3 is 2.18 bits per heavy atom. The van der Waals surface area contributed by atoms with Crippen LogP contribution in [-0.4, -0.2) is 23.8 Å². The third kappa shape index (κ3) is 10.9. The maximum Gasteiger partial charge on any atom is 0.305 e. The molecule has 0 heterocycles. The highest BCUT2D eigenvalue weighted by Gasteiger charge is 2.09. The summed E-state index contributed by atoms with van der Waals surface area (Å²) in [5, 5.41) is 0.446. The summed E-state index contributed by atoms with van der Waals surface area (Å²) in [5.41, 5.74) is 0. The van der Waals surface area contributed by atoms with Crippen molar-refractivity contribution in [3.63, 3.8) is 0 Å². The van der Waals surface area contributed by atoms with E-state index in [0.29, 0.717) is 6.42 Å². The Bertz CT molecular complexity index is 198. The van der Waals surface area contributed by atoms with Gasteiger partial charge in [-0.05, 0) is 32.1 Å². The van der Waals surface area contributed by atoms with Crippen molar-refractivity contribution >= 4 is 29.2 Å². The van der Waals surface area contributed by atoms with Gasteiger partial charge in [-0.3, -0.25) is 4.79 Å². The number of methoxy groups -OCH3 is 1. The minimum atomic E-state index is -0.139. The van der Waals surface area contributed by atoms with Gasteiger partial charge >= 0.3 is 5.97 Å². The van der Waals surface area contributed by atoms with E-state index in [9.17, 15) is 4.79 Å². The van der Waals surface area contributed by atoms with Crippen molar-refractivity contribution in [3.05, 3.63) is 0 Å². The number of rotatable bonds is 10. The zero-order valence-electron chi connectivity index (χ0n) is 10.9. The normalized spacial score (nSPS) is 14.4. The molecule has 102 valence electrons. The summed E-state index contributed by atoms with van der Waals surface area (Å²) in [6.45, 7) is 2.14. The first-order valence-electron chi connectivity index (χ1n) is 6.45. The molecule has 2 atom stereocenters. The second-order valence-electron chi connectivity index (χ2n) is 4.38. The van der Waals surface area contributed by atoms with E-state index in [1.165, 1.54) is 7.11 Å². The fourth-order valence-electron chi connectivity index (χ4n) is 1.70. The number of halogens is 2. The highest BCUT2D eigenvalue weighted by Crippen LogP contribution is 2.19. The van der Waals surface area contributed by atoms with E-state index in [4.69, 9.17) is 23.2 Å². The lowest BCUT2D eigenvalue weighted by molar-refractivity contribution is -0.140. The molecule has 0 fully saturated rings. The summed E-state index contributed by atoms with van der Waals surface area (Å²) < 4.78 is 4.57. The zero-order chi connectivity index (χ0) is 13.1. The Balaban J connectivity index is 3.40. The van der Waals surface area contributed by atoms with Gasteiger partial charge in [-0.15, -0.1) is 23.2 Å². The Kier molecular flexibility index (Phi) is 11.2. The van der Waals surface area contributed by atoms with Gasteiger partial charge in [0.2, 0.25) is 0 Å². The fourth-order valence-corrected chi connectivity index (χ4v) is 2.33. The molecule has 17 heavy (non-hydrogen) atoms. The van der Waals surface area contributed by atoms with Crippen molar-refractivity contribution < 1.29 is 9.53 Å². The predicted octanol–water partition coefficient (Wildman–Crippen LogP) is 4.51. The second-order valence-corrected chi connectivity index (χ2v) is 5.62. The summed E-state index contributed by atoms with van der Waals surface area (Å²) in [4.78, 5) is 10.9. The van der Waals surface area contributed by atoms with Crippen LogP contribution in [0, 0.1) is 0 Å². The average Bonchev–Trinajstić information content (AvgIpc) is 2.32. The third-order valence-electron chi connectivity index (χ3n) is 2.77. The lowest BCUT2D eigenvalue weighted by atomic mass is 10.1. The minimum Gasteiger partial charge on any atom is -0.469 e. The van der Waals surface area contributed by atoms with Gasteiger partial charge in [0.1, 0.15) is 0 Å². The van der Waals surface area contributed by atoms with Gasteiger partial charge < -0.3 is 4.74 Å². The summed E-state index contributed by atoms with van der Waals surface area (Å²) >= 11 is 12.3. The average molecular weight is 283 g/mol. The molecule has 0 rings (SSSR count). The van der Waals surface area contributed by atoms with Gasteiger partial charge in [-0.1, -0.05) is 19.8 Å². The molecule has 0 aliphatic carbocycles. The number of ether oxygens (including phenoxy) is 1. The van der Waals surface area contributed by atoms with Crippen LogP contribution in [0.3, 0.4) is 0 Å². The van der Waals surface area contributed by atoms with E-state index in [1.54, 1.807) is 0 Å². The summed E-state index contributed by atoms with van der Waals surface area (Å²) in [6.07, 6.45) is 7.42. The molecular weight excluding hydrogens is 259 g/mol. The Morgan fingerprint density at radius 1 is 1.06 bits per heavy atom. The van der Waals surface area contributed by atoms with Crippen molar-refractivity contribution in [2.75, 3.05) is 7.11 Å². The minimum absolute atomic E-state index is 0.139. The maximum absolute atomic E-state index is 10.9. The maximum atomic E-state index is 10.9. The molecule has 2 unspecified atom stereocenters. The predicted molar refractivity (Wildman–Crippen MR) is 73.9 cm³/mol. The van der Waals surface area contributed by atoms with Gasteiger partial charge in [-0.2, -0.15) is 0 Å². The van der Waals surface area contributed by atoms with Gasteiger partial charge in [0, 0.05) is 17.2 Å². The molecule has 0 aromatic rings. The number of carbonyl (C=O) groups is 1. The largest absolute Gasteiger partial charge is 0.469 e. The Hall–Kier alpha value is 0.0500. The van der Waals surface area contributed by atoms with E-state index in [-0.39, 0.29) is 16.7 Å². The van der Waals surface area contributed by atoms with E-state index < -0.39 is 0 Å². The van der Waals surface area contributed by atoms with Crippen molar-refractivity contribution in [1.29, 1.82) is 0 Å². The van der Waals surface area contributed by atoms with Crippen LogP contribution in [0.2, 0.25) is 0 Å². The fraction of sp³-hybridized carbons (Fsp3) is 0.923. The molecule has 0 saturated heterocycles. The molecule has 0 aromatic carbocycles. The first-order chi connectivity index (χ1) is 8.10. The van der Waals surface area contributed by atoms with E-state index >= 15 is 0 Å². The van der Waals surface area contributed by atoms with Crippen LogP contribution in [-0.2, 0) is 9.53 Å². The first kappa shape index (κ1) is 17.1. The molecular formula is C13H24Cl2O2. The highest BCUT2D eigenvalue weighted by molar-refractivity contribution is 6.21. The topological polar surface area (TPSA) is 26.3 Å². The van der Waals surface area contributed by atoms with Gasteiger partial charge in [0.25, 0.3) is 0 Å². The molecule has 0 amide bonds. The number of hydrogen-bond donors (Lipinski definition) is 0. The zero-order valence-corrected chi connectivity index (χ0v) is 12.4. The molecule has 2 nitrogen and oxygen atoms in total. The Morgan fingerprint density at radius 2 is 1.65 bits per heavy atom. The molecule has 0 radical (unpaired) electrons. The molecule has 0 spiro atoms. The number of hydrogen-bond acceptors (Lipinski definition) is 2. The van der Waals surface area contributed by atoms with Gasteiger partial charge in [0.15, 0.2) is 0 Å². The summed E-state index contributed by atoms with van der Waals surface area (Å²) in [5.74, 6) is -0.139. The summed E-state index contributed by atoms with van der Waals surface area (Å²) in [7, 11) is 1.42. The SMILES string of the molecule is CCCC(Cl)CCC(Cl)CCCCC(=O)OC. The number of unbranched alkanes of at least 4 members (excludes halogenated alkanes) is 1. The molecule has 0 aliphatic heterocycles. The van der Waals surface area contributed by atoms with Crippen molar-refractivity contribution in [2.45, 2.75) is 69.0 Å². The quantitative estimate of drug-likeness (QED) is 0.335. The van der Waals surface area contributed by atoms with Crippen molar-refractivity contribution in [2.24, 2.45) is 0 Å². The van der Waals surface area contributed by atoms with Crippen molar-refractivity contribution in [1.82, 2.24) is 0 Å². The van der Waals surface area contributed by atoms with Crippen LogP contribution in [0.4, 0.5) is 0 Å². The second kappa shape index (κ2) is 11.2. The standard InChI is InChI=1S/C13H24Cl2O2/c1-3-6-11(14)9-10-12(15)7-4-5-8-13(16)17-2/h11-12H,3-10H2,1-2H3. The molecule has 0 bridgehead atoms. The molecule has 0 saturated carbocycles. The third-order valence-corrected chi connectivity index (χ3v) is 3.64. The molecule has 4 heteroatoms. The van der Waals surface area contributed by atoms with Crippen molar-refractivity contribution in [3.8, 4) is 0 Å². The lowest BCUT2D eigenvalue weighted by Crippen LogP contribution is -2.05. The van der Waals surface area contributed by atoms with Crippen LogP contribution in [0.25, 0.3) is 0 Å². The summed E-state index contributed by atoms with van der Waals surface area (Å²) in [6, 6.07) is 0. The van der Waals surface area contributed by atoms with E-state index in [1.807, 2.05) is 0 Å². The monoisotopic (exact) mass is 282 g/mol.